The summed E-state index contributed by atoms with van der Waals surface area (Å²) in [5, 5.41) is 4.92. The minimum absolute atomic E-state index is 0.645. The van der Waals surface area contributed by atoms with Crippen LogP contribution in [-0.2, 0) is 17.6 Å². The molecule has 1 heteroatoms. The van der Waals surface area contributed by atoms with Gasteiger partial charge in [0.15, 0.2) is 0 Å². The van der Waals surface area contributed by atoms with Crippen LogP contribution in [0.3, 0.4) is 0 Å². The lowest BCUT2D eigenvalue weighted by Gasteiger charge is -2.02. The van der Waals surface area contributed by atoms with Gasteiger partial charge in [0.05, 0.1) is 0 Å². The SMILES string of the molecule is C(#COC#CCc1cccc2ccccc12)Cc1cccc2ccccc12. The lowest BCUT2D eigenvalue weighted by atomic mass is 10.0. The Labute approximate surface area is 159 Å². The van der Waals surface area contributed by atoms with Gasteiger partial charge in [-0.15, -0.1) is 0 Å². The Morgan fingerprint density at radius 2 is 0.963 bits per heavy atom. The predicted molar refractivity (Wildman–Crippen MR) is 112 cm³/mol. The molecule has 0 bridgehead atoms. The molecule has 1 nitrogen and oxygen atoms in total. The van der Waals surface area contributed by atoms with Crippen molar-refractivity contribution in [1.82, 2.24) is 0 Å². The average Bonchev–Trinajstić information content (AvgIpc) is 2.73. The van der Waals surface area contributed by atoms with Crippen LogP contribution in [0, 0.1) is 24.1 Å². The van der Waals surface area contributed by atoms with Crippen LogP contribution in [0.1, 0.15) is 11.1 Å². The van der Waals surface area contributed by atoms with Crippen molar-refractivity contribution >= 4 is 21.5 Å². The van der Waals surface area contributed by atoms with E-state index in [1.807, 2.05) is 12.1 Å². The van der Waals surface area contributed by atoms with Crippen molar-refractivity contribution in [3.05, 3.63) is 96.1 Å². The number of rotatable bonds is 2. The predicted octanol–water partition coefficient (Wildman–Crippen LogP) is 5.72. The first kappa shape index (κ1) is 16.8. The van der Waals surface area contributed by atoms with Crippen LogP contribution >= 0.6 is 0 Å². The van der Waals surface area contributed by atoms with Crippen LogP contribution in [0.25, 0.3) is 21.5 Å². The Bertz CT molecular complexity index is 1100. The van der Waals surface area contributed by atoms with Gasteiger partial charge >= 0.3 is 0 Å². The Morgan fingerprint density at radius 3 is 1.48 bits per heavy atom. The van der Waals surface area contributed by atoms with Crippen molar-refractivity contribution in [2.75, 3.05) is 0 Å². The molecule has 4 aromatic carbocycles. The van der Waals surface area contributed by atoms with Gasteiger partial charge in [-0.3, -0.25) is 0 Å². The van der Waals surface area contributed by atoms with Crippen molar-refractivity contribution in [1.29, 1.82) is 0 Å². The Balaban J connectivity index is 1.39. The zero-order valence-corrected chi connectivity index (χ0v) is 14.9. The van der Waals surface area contributed by atoms with E-state index in [1.54, 1.807) is 0 Å². The number of hydrogen-bond acceptors (Lipinski definition) is 1. The van der Waals surface area contributed by atoms with Gasteiger partial charge < -0.3 is 4.74 Å². The summed E-state index contributed by atoms with van der Waals surface area (Å²) in [6.45, 7) is 0. The Kier molecular flexibility index (Phi) is 5.05. The van der Waals surface area contributed by atoms with Gasteiger partial charge in [-0.2, -0.15) is 0 Å². The van der Waals surface area contributed by atoms with Crippen LogP contribution in [0.2, 0.25) is 0 Å². The van der Waals surface area contributed by atoms with Gasteiger partial charge in [-0.05, 0) is 32.7 Å². The number of benzene rings is 4. The molecule has 0 unspecified atom stereocenters. The molecule has 0 saturated heterocycles. The molecule has 0 aliphatic rings. The second-order valence-corrected chi connectivity index (χ2v) is 6.29. The number of ether oxygens (including phenoxy) is 1. The van der Waals surface area contributed by atoms with Crippen LogP contribution in [0.5, 0.6) is 0 Å². The summed E-state index contributed by atoms with van der Waals surface area (Å²) >= 11 is 0. The van der Waals surface area contributed by atoms with Gasteiger partial charge in [-0.1, -0.05) is 96.8 Å². The molecule has 4 aromatic rings. The Morgan fingerprint density at radius 1 is 0.519 bits per heavy atom. The Hall–Kier alpha value is -3.68. The summed E-state index contributed by atoms with van der Waals surface area (Å²) in [6.07, 6.45) is 6.69. The van der Waals surface area contributed by atoms with Crippen molar-refractivity contribution in [3.8, 4) is 24.1 Å². The highest BCUT2D eigenvalue weighted by Crippen LogP contribution is 2.19. The topological polar surface area (TPSA) is 9.23 Å². The van der Waals surface area contributed by atoms with Gasteiger partial charge in [0.1, 0.15) is 12.2 Å². The normalized spacial score (nSPS) is 9.93. The third-order valence-corrected chi connectivity index (χ3v) is 4.56. The minimum atomic E-state index is 0.645. The van der Waals surface area contributed by atoms with E-state index in [-0.39, 0.29) is 0 Å². The minimum Gasteiger partial charge on any atom is -0.357 e. The molecule has 0 radical (unpaired) electrons. The van der Waals surface area contributed by atoms with Crippen LogP contribution in [-0.4, -0.2) is 0 Å². The third kappa shape index (κ3) is 3.95. The maximum absolute atomic E-state index is 5.18. The molecule has 0 aromatic heterocycles. The maximum atomic E-state index is 5.18. The summed E-state index contributed by atoms with van der Waals surface area (Å²) in [5.41, 5.74) is 2.40. The summed E-state index contributed by atoms with van der Waals surface area (Å²) in [7, 11) is 0. The molecular formula is C26H18O. The molecule has 0 amide bonds. The smallest absolute Gasteiger partial charge is 0.130 e. The molecule has 27 heavy (non-hydrogen) atoms. The molecule has 4 rings (SSSR count). The standard InChI is InChI=1S/C26H18O/c1-3-17-25-21(9-1)11-5-13-23(25)15-7-19-27-20-8-16-24-14-6-12-22-10-2-4-18-26(22)24/h1-6,9-14,17-18H,15-16H2. The van der Waals surface area contributed by atoms with Crippen molar-refractivity contribution in [2.24, 2.45) is 0 Å². The van der Waals surface area contributed by atoms with E-state index in [4.69, 9.17) is 4.74 Å². The lowest BCUT2D eigenvalue weighted by Crippen LogP contribution is -1.85. The molecule has 0 fully saturated rings. The zero-order chi connectivity index (χ0) is 18.3. The van der Waals surface area contributed by atoms with Gasteiger partial charge in [0, 0.05) is 12.8 Å². The highest BCUT2D eigenvalue weighted by molar-refractivity contribution is 5.86. The molecule has 128 valence electrons. The highest BCUT2D eigenvalue weighted by atomic mass is 16.5. The molecule has 0 N–H and O–H groups in total. The third-order valence-electron chi connectivity index (χ3n) is 4.56. The van der Waals surface area contributed by atoms with E-state index in [0.717, 1.165) is 0 Å². The lowest BCUT2D eigenvalue weighted by molar-refractivity contribution is 0.478. The molecule has 0 atom stereocenters. The number of fused-ring (bicyclic) bond motifs is 2. The van der Waals surface area contributed by atoms with E-state index in [9.17, 15) is 0 Å². The average molecular weight is 346 g/mol. The summed E-state index contributed by atoms with van der Waals surface area (Å²) < 4.78 is 5.18. The summed E-state index contributed by atoms with van der Waals surface area (Å²) in [4.78, 5) is 0. The van der Waals surface area contributed by atoms with Gasteiger partial charge in [0.25, 0.3) is 0 Å². The van der Waals surface area contributed by atoms with Crippen molar-refractivity contribution in [2.45, 2.75) is 12.8 Å². The van der Waals surface area contributed by atoms with E-state index < -0.39 is 0 Å². The van der Waals surface area contributed by atoms with E-state index in [1.165, 1.54) is 32.7 Å². The fourth-order valence-electron chi connectivity index (χ4n) is 3.25. The van der Waals surface area contributed by atoms with Crippen molar-refractivity contribution < 1.29 is 4.74 Å². The molecule has 0 heterocycles. The molecule has 0 spiro atoms. The molecule has 0 aliphatic carbocycles. The first-order valence-electron chi connectivity index (χ1n) is 8.97. The first-order valence-corrected chi connectivity index (χ1v) is 8.97. The first-order chi connectivity index (χ1) is 13.4. The second kappa shape index (κ2) is 8.13. The van der Waals surface area contributed by atoms with Gasteiger partial charge in [-0.25, -0.2) is 0 Å². The van der Waals surface area contributed by atoms with E-state index in [0.29, 0.717) is 12.8 Å². The van der Waals surface area contributed by atoms with E-state index >= 15 is 0 Å². The summed E-state index contributed by atoms with van der Waals surface area (Å²) in [6, 6.07) is 29.2. The molecule has 0 saturated carbocycles. The zero-order valence-electron chi connectivity index (χ0n) is 14.9. The monoisotopic (exact) mass is 346 g/mol. The fourth-order valence-corrected chi connectivity index (χ4v) is 3.25. The highest BCUT2D eigenvalue weighted by Gasteiger charge is 1.98. The quantitative estimate of drug-likeness (QED) is 0.422. The fraction of sp³-hybridized carbons (Fsp3) is 0.0769. The van der Waals surface area contributed by atoms with Gasteiger partial charge in [0.2, 0.25) is 0 Å². The molecular weight excluding hydrogens is 328 g/mol. The van der Waals surface area contributed by atoms with Crippen LogP contribution in [0.4, 0.5) is 0 Å². The maximum Gasteiger partial charge on any atom is 0.130 e. The van der Waals surface area contributed by atoms with Crippen LogP contribution < -0.4 is 0 Å². The largest absolute Gasteiger partial charge is 0.357 e. The van der Waals surface area contributed by atoms with E-state index in [2.05, 4.69) is 96.9 Å². The van der Waals surface area contributed by atoms with Crippen LogP contribution in [0.15, 0.2) is 84.9 Å². The van der Waals surface area contributed by atoms with Crippen molar-refractivity contribution in [3.63, 3.8) is 0 Å². The molecule has 0 aliphatic heterocycles. The summed E-state index contributed by atoms with van der Waals surface area (Å²) in [5.74, 6) is 6.09. The second-order valence-electron chi connectivity index (χ2n) is 6.29. The number of hydrogen-bond donors (Lipinski definition) is 0.